The van der Waals surface area contributed by atoms with Crippen LogP contribution in [0.5, 0.6) is 0 Å². The van der Waals surface area contributed by atoms with Gasteiger partial charge in [0.2, 0.25) is 0 Å². The lowest BCUT2D eigenvalue weighted by Gasteiger charge is -1.95. The van der Waals surface area contributed by atoms with Crippen molar-refractivity contribution in [2.75, 3.05) is 6.54 Å². The quantitative estimate of drug-likeness (QED) is 0.307. The Kier molecular flexibility index (Phi) is 3.03. The van der Waals surface area contributed by atoms with Crippen LogP contribution in [0.15, 0.2) is 41.5 Å². The zero-order valence-corrected chi connectivity index (χ0v) is 8.46. The molecule has 0 atom stereocenters. The van der Waals surface area contributed by atoms with Crippen molar-refractivity contribution in [2.45, 2.75) is 0 Å². The number of fused-ring (bicyclic) bond motifs is 1. The summed E-state index contributed by atoms with van der Waals surface area (Å²) in [5.41, 5.74) is 9.68. The van der Waals surface area contributed by atoms with Gasteiger partial charge in [-0.05, 0) is 23.6 Å². The van der Waals surface area contributed by atoms with Gasteiger partial charge in [-0.3, -0.25) is 0 Å². The van der Waals surface area contributed by atoms with E-state index in [1.54, 1.807) is 0 Å². The van der Waals surface area contributed by atoms with E-state index in [0.29, 0.717) is 5.69 Å². The first-order valence-electron chi connectivity index (χ1n) is 4.76. The van der Waals surface area contributed by atoms with Gasteiger partial charge in [0.25, 0.3) is 0 Å². The molecule has 1 aromatic carbocycles. The van der Waals surface area contributed by atoms with Gasteiger partial charge in [-0.2, -0.15) is 0 Å². The monoisotopic (exact) mass is 208 g/mol. The predicted octanol–water partition coefficient (Wildman–Crippen LogP) is 2.90. The Balaban J connectivity index is 2.31. The van der Waals surface area contributed by atoms with Crippen LogP contribution in [-0.2, 0) is 0 Å². The SMILES string of the molecule is [N-]=[N+]=NCC#Cc1ccc2ccccc2n1. The van der Waals surface area contributed by atoms with Crippen molar-refractivity contribution in [1.29, 1.82) is 0 Å². The number of para-hydroxylation sites is 1. The highest BCUT2D eigenvalue weighted by Gasteiger charge is 1.93. The minimum absolute atomic E-state index is 0.172. The van der Waals surface area contributed by atoms with E-state index in [9.17, 15) is 0 Å². The third-order valence-electron chi connectivity index (χ3n) is 2.03. The van der Waals surface area contributed by atoms with E-state index in [0.717, 1.165) is 10.9 Å². The summed E-state index contributed by atoms with van der Waals surface area (Å²) in [6, 6.07) is 11.7. The molecule has 0 bridgehead atoms. The lowest BCUT2D eigenvalue weighted by Crippen LogP contribution is -1.84. The highest BCUT2D eigenvalue weighted by atomic mass is 15.1. The molecular formula is C12H8N4. The molecule has 0 unspecified atom stereocenters. The van der Waals surface area contributed by atoms with E-state index in [2.05, 4.69) is 26.9 Å². The molecule has 4 heteroatoms. The van der Waals surface area contributed by atoms with E-state index >= 15 is 0 Å². The van der Waals surface area contributed by atoms with Gasteiger partial charge in [0.15, 0.2) is 0 Å². The number of hydrogen-bond donors (Lipinski definition) is 0. The largest absolute Gasteiger partial charge is 0.239 e. The second-order valence-corrected chi connectivity index (χ2v) is 3.08. The van der Waals surface area contributed by atoms with Gasteiger partial charge in [0, 0.05) is 10.3 Å². The summed E-state index contributed by atoms with van der Waals surface area (Å²) in [7, 11) is 0. The first kappa shape index (κ1) is 10.0. The van der Waals surface area contributed by atoms with Crippen LogP contribution < -0.4 is 0 Å². The van der Waals surface area contributed by atoms with Gasteiger partial charge in [0.1, 0.15) is 5.69 Å². The summed E-state index contributed by atoms with van der Waals surface area (Å²) in [4.78, 5) is 6.98. The molecule has 0 fully saturated rings. The molecule has 0 aliphatic heterocycles. The summed E-state index contributed by atoms with van der Waals surface area (Å²) in [6.07, 6.45) is 0. The molecule has 1 heterocycles. The number of benzene rings is 1. The van der Waals surface area contributed by atoms with Gasteiger partial charge in [0.05, 0.1) is 12.1 Å². The van der Waals surface area contributed by atoms with Crippen molar-refractivity contribution in [3.05, 3.63) is 52.5 Å². The Morgan fingerprint density at radius 2 is 2.12 bits per heavy atom. The maximum absolute atomic E-state index is 8.08. The van der Waals surface area contributed by atoms with E-state index < -0.39 is 0 Å². The average Bonchev–Trinajstić information content (AvgIpc) is 2.34. The first-order chi connectivity index (χ1) is 7.90. The van der Waals surface area contributed by atoms with Gasteiger partial charge in [-0.15, -0.1) is 0 Å². The molecule has 0 spiro atoms. The third kappa shape index (κ3) is 2.30. The van der Waals surface area contributed by atoms with Crippen LogP contribution in [0.2, 0.25) is 0 Å². The molecule has 76 valence electrons. The molecule has 2 aromatic rings. The fourth-order valence-electron chi connectivity index (χ4n) is 1.33. The topological polar surface area (TPSA) is 61.7 Å². The molecular weight excluding hydrogens is 200 g/mol. The zero-order valence-electron chi connectivity index (χ0n) is 8.46. The summed E-state index contributed by atoms with van der Waals surface area (Å²) >= 11 is 0. The molecule has 16 heavy (non-hydrogen) atoms. The standard InChI is InChI=1S/C12H8N4/c13-16-14-9-3-5-11-8-7-10-4-1-2-6-12(10)15-11/h1-2,4,6-8H,9H2. The average molecular weight is 208 g/mol. The van der Waals surface area contributed by atoms with Gasteiger partial charge in [-0.1, -0.05) is 35.3 Å². The van der Waals surface area contributed by atoms with Crippen LogP contribution in [0.25, 0.3) is 21.3 Å². The summed E-state index contributed by atoms with van der Waals surface area (Å²) in [5.74, 6) is 5.58. The number of rotatable bonds is 1. The van der Waals surface area contributed by atoms with E-state index in [-0.39, 0.29) is 6.54 Å². The normalized spacial score (nSPS) is 9.00. The van der Waals surface area contributed by atoms with Gasteiger partial charge < -0.3 is 0 Å². The molecule has 0 saturated carbocycles. The molecule has 0 N–H and O–H groups in total. The van der Waals surface area contributed by atoms with Crippen molar-refractivity contribution in [2.24, 2.45) is 5.11 Å². The lowest BCUT2D eigenvalue weighted by atomic mass is 10.2. The van der Waals surface area contributed by atoms with Gasteiger partial charge >= 0.3 is 0 Å². The summed E-state index contributed by atoms with van der Waals surface area (Å²) in [6.45, 7) is 0.172. The van der Waals surface area contributed by atoms with Crippen molar-refractivity contribution >= 4 is 10.9 Å². The number of azide groups is 1. The van der Waals surface area contributed by atoms with E-state index in [4.69, 9.17) is 5.53 Å². The molecule has 0 aliphatic carbocycles. The third-order valence-corrected chi connectivity index (χ3v) is 2.03. The molecule has 4 nitrogen and oxygen atoms in total. The van der Waals surface area contributed by atoms with Crippen molar-refractivity contribution in [3.8, 4) is 11.8 Å². The van der Waals surface area contributed by atoms with Crippen LogP contribution >= 0.6 is 0 Å². The smallest absolute Gasteiger partial charge is 0.113 e. The molecule has 0 aliphatic rings. The van der Waals surface area contributed by atoms with E-state index in [1.807, 2.05) is 36.4 Å². The number of pyridine rings is 1. The van der Waals surface area contributed by atoms with Crippen LogP contribution in [0.4, 0.5) is 0 Å². The predicted molar refractivity (Wildman–Crippen MR) is 62.6 cm³/mol. The zero-order chi connectivity index (χ0) is 11.2. The summed E-state index contributed by atoms with van der Waals surface area (Å²) < 4.78 is 0. The van der Waals surface area contributed by atoms with Crippen LogP contribution in [0.3, 0.4) is 0 Å². The Hall–Kier alpha value is -2.50. The van der Waals surface area contributed by atoms with Crippen LogP contribution in [0, 0.1) is 11.8 Å². The number of hydrogen-bond acceptors (Lipinski definition) is 2. The Morgan fingerprint density at radius 1 is 1.25 bits per heavy atom. The van der Waals surface area contributed by atoms with Gasteiger partial charge in [-0.25, -0.2) is 4.98 Å². The molecule has 0 saturated heterocycles. The maximum Gasteiger partial charge on any atom is 0.113 e. The second-order valence-electron chi connectivity index (χ2n) is 3.08. The van der Waals surface area contributed by atoms with E-state index in [1.165, 1.54) is 0 Å². The molecule has 0 radical (unpaired) electrons. The highest BCUT2D eigenvalue weighted by Crippen LogP contribution is 2.10. The molecule has 0 amide bonds. The number of nitrogens with zero attached hydrogens (tertiary/aromatic N) is 4. The number of aromatic nitrogens is 1. The first-order valence-corrected chi connectivity index (χ1v) is 4.76. The minimum Gasteiger partial charge on any atom is -0.239 e. The van der Waals surface area contributed by atoms with Crippen LogP contribution in [0.1, 0.15) is 5.69 Å². The van der Waals surface area contributed by atoms with Crippen molar-refractivity contribution < 1.29 is 0 Å². The fourth-order valence-corrected chi connectivity index (χ4v) is 1.33. The Bertz CT molecular complexity index is 615. The van der Waals surface area contributed by atoms with Crippen molar-refractivity contribution in [1.82, 2.24) is 4.98 Å². The second kappa shape index (κ2) is 4.83. The fraction of sp³-hybridized carbons (Fsp3) is 0.0833. The Morgan fingerprint density at radius 3 is 3.00 bits per heavy atom. The van der Waals surface area contributed by atoms with Crippen molar-refractivity contribution in [3.63, 3.8) is 0 Å². The maximum atomic E-state index is 8.08. The lowest BCUT2D eigenvalue weighted by molar-refractivity contribution is 1.25. The Labute approximate surface area is 92.6 Å². The highest BCUT2D eigenvalue weighted by molar-refractivity contribution is 5.78. The summed E-state index contributed by atoms with van der Waals surface area (Å²) in [5, 5.41) is 4.41. The minimum atomic E-state index is 0.172. The molecule has 1 aromatic heterocycles. The van der Waals surface area contributed by atoms with Crippen LogP contribution in [-0.4, -0.2) is 11.5 Å². The molecule has 2 rings (SSSR count).